The molecule has 0 aromatic heterocycles. The van der Waals surface area contributed by atoms with Gasteiger partial charge in [-0.1, -0.05) is 23.2 Å². The molecule has 0 heterocycles. The van der Waals surface area contributed by atoms with E-state index in [2.05, 4.69) is 9.46 Å². The van der Waals surface area contributed by atoms with E-state index in [-0.39, 0.29) is 22.2 Å². The predicted octanol–water partition coefficient (Wildman–Crippen LogP) is 3.35. The van der Waals surface area contributed by atoms with Crippen LogP contribution in [0.3, 0.4) is 0 Å². The number of carbonyl (C=O) groups is 1. The molecule has 2 rings (SSSR count). The molecule has 0 fully saturated rings. The SMILES string of the molecule is COC(=O)COc1ccc(S(=O)(=O)Nc2cc(Cl)ccc2Cl)cc1. The normalized spacial score (nSPS) is 11.0. The van der Waals surface area contributed by atoms with Crippen molar-refractivity contribution in [3.63, 3.8) is 0 Å². The summed E-state index contributed by atoms with van der Waals surface area (Å²) in [4.78, 5) is 11.0. The van der Waals surface area contributed by atoms with Crippen LogP contribution in [0.1, 0.15) is 0 Å². The molecule has 0 unspecified atom stereocenters. The van der Waals surface area contributed by atoms with Gasteiger partial charge in [0.2, 0.25) is 0 Å². The summed E-state index contributed by atoms with van der Waals surface area (Å²) in [6.45, 7) is -0.265. The largest absolute Gasteiger partial charge is 0.482 e. The van der Waals surface area contributed by atoms with Crippen molar-refractivity contribution < 1.29 is 22.7 Å². The number of carbonyl (C=O) groups excluding carboxylic acids is 1. The summed E-state index contributed by atoms with van der Waals surface area (Å²) in [5.41, 5.74) is 0.176. The quantitative estimate of drug-likeness (QED) is 0.766. The molecule has 9 heteroatoms. The van der Waals surface area contributed by atoms with Crippen molar-refractivity contribution in [2.45, 2.75) is 4.90 Å². The van der Waals surface area contributed by atoms with Crippen LogP contribution in [0.5, 0.6) is 5.75 Å². The van der Waals surface area contributed by atoms with Crippen LogP contribution in [-0.4, -0.2) is 28.1 Å². The van der Waals surface area contributed by atoms with E-state index in [0.29, 0.717) is 10.8 Å². The van der Waals surface area contributed by atoms with Gasteiger partial charge in [-0.05, 0) is 42.5 Å². The lowest BCUT2D eigenvalue weighted by Gasteiger charge is -2.11. The van der Waals surface area contributed by atoms with Crippen molar-refractivity contribution in [2.75, 3.05) is 18.4 Å². The van der Waals surface area contributed by atoms with Gasteiger partial charge in [-0.3, -0.25) is 4.72 Å². The lowest BCUT2D eigenvalue weighted by molar-refractivity contribution is -0.142. The molecular weight excluding hydrogens is 377 g/mol. The first kappa shape index (κ1) is 18.4. The van der Waals surface area contributed by atoms with E-state index >= 15 is 0 Å². The Balaban J connectivity index is 2.14. The first-order chi connectivity index (χ1) is 11.3. The number of hydrogen-bond acceptors (Lipinski definition) is 5. The molecular formula is C15H13Cl2NO5S. The maximum atomic E-state index is 12.4. The third kappa shape index (κ3) is 4.77. The molecule has 0 aliphatic heterocycles. The van der Waals surface area contributed by atoms with Gasteiger partial charge in [0.25, 0.3) is 10.0 Å². The molecule has 0 atom stereocenters. The van der Waals surface area contributed by atoms with E-state index in [9.17, 15) is 13.2 Å². The summed E-state index contributed by atoms with van der Waals surface area (Å²) in [6.07, 6.45) is 0. The molecule has 0 radical (unpaired) electrons. The minimum absolute atomic E-state index is 0.00367. The standard InChI is InChI=1S/C15H13Cl2NO5S/c1-22-15(19)9-23-11-3-5-12(6-4-11)24(20,21)18-14-8-10(16)2-7-13(14)17/h2-8,18H,9H2,1H3. The zero-order chi connectivity index (χ0) is 17.7. The number of halogens is 2. The molecule has 0 spiro atoms. The Morgan fingerprint density at radius 2 is 1.79 bits per heavy atom. The molecule has 0 aliphatic carbocycles. The molecule has 2 aromatic rings. The van der Waals surface area contributed by atoms with Gasteiger partial charge in [0, 0.05) is 5.02 Å². The van der Waals surface area contributed by atoms with Crippen molar-refractivity contribution in [3.8, 4) is 5.75 Å². The summed E-state index contributed by atoms with van der Waals surface area (Å²) < 4.78 is 36.7. The number of sulfonamides is 1. The fraction of sp³-hybridized carbons (Fsp3) is 0.133. The summed E-state index contributed by atoms with van der Waals surface area (Å²) in [7, 11) is -2.60. The Hall–Kier alpha value is -1.96. The Kier molecular flexibility index (Phi) is 5.93. The Labute approximate surface area is 149 Å². The van der Waals surface area contributed by atoms with Gasteiger partial charge in [0.1, 0.15) is 5.75 Å². The van der Waals surface area contributed by atoms with Crippen molar-refractivity contribution >= 4 is 44.9 Å². The average molecular weight is 390 g/mol. The molecule has 0 amide bonds. The molecule has 1 N–H and O–H groups in total. The van der Waals surface area contributed by atoms with E-state index in [1.807, 2.05) is 0 Å². The van der Waals surface area contributed by atoms with Crippen LogP contribution in [0.4, 0.5) is 5.69 Å². The van der Waals surface area contributed by atoms with Crippen molar-refractivity contribution in [1.29, 1.82) is 0 Å². The Morgan fingerprint density at radius 3 is 2.42 bits per heavy atom. The first-order valence-electron chi connectivity index (χ1n) is 6.59. The maximum Gasteiger partial charge on any atom is 0.343 e. The Bertz CT molecular complexity index is 837. The van der Waals surface area contributed by atoms with E-state index in [4.69, 9.17) is 27.9 Å². The number of hydrogen-bond donors (Lipinski definition) is 1. The molecule has 24 heavy (non-hydrogen) atoms. The second-order valence-electron chi connectivity index (χ2n) is 4.57. The van der Waals surface area contributed by atoms with Gasteiger partial charge in [-0.2, -0.15) is 0 Å². The molecule has 128 valence electrons. The summed E-state index contributed by atoms with van der Waals surface area (Å²) in [5, 5.41) is 0.574. The van der Waals surface area contributed by atoms with Crippen LogP contribution in [0.15, 0.2) is 47.4 Å². The molecule has 0 bridgehead atoms. The number of methoxy groups -OCH3 is 1. The molecule has 6 nitrogen and oxygen atoms in total. The molecule has 2 aromatic carbocycles. The molecule has 0 saturated heterocycles. The second kappa shape index (κ2) is 7.74. The highest BCUT2D eigenvalue weighted by Gasteiger charge is 2.16. The minimum atomic E-state index is -3.85. The molecule has 0 aliphatic rings. The summed E-state index contributed by atoms with van der Waals surface area (Å²) in [6, 6.07) is 9.99. The highest BCUT2D eigenvalue weighted by Crippen LogP contribution is 2.28. The van der Waals surface area contributed by atoms with Gasteiger partial charge in [-0.15, -0.1) is 0 Å². The monoisotopic (exact) mass is 389 g/mol. The number of nitrogens with one attached hydrogen (secondary N) is 1. The number of anilines is 1. The summed E-state index contributed by atoms with van der Waals surface area (Å²) >= 11 is 11.8. The van der Waals surface area contributed by atoms with E-state index in [1.165, 1.54) is 43.5 Å². The number of benzene rings is 2. The van der Waals surface area contributed by atoms with E-state index in [0.717, 1.165) is 0 Å². The van der Waals surface area contributed by atoms with Crippen molar-refractivity contribution in [2.24, 2.45) is 0 Å². The lowest BCUT2D eigenvalue weighted by atomic mass is 10.3. The maximum absolute atomic E-state index is 12.4. The third-order valence-electron chi connectivity index (χ3n) is 2.89. The fourth-order valence-corrected chi connectivity index (χ4v) is 3.16. The number of ether oxygens (including phenoxy) is 2. The minimum Gasteiger partial charge on any atom is -0.482 e. The lowest BCUT2D eigenvalue weighted by Crippen LogP contribution is -2.14. The second-order valence-corrected chi connectivity index (χ2v) is 7.09. The van der Waals surface area contributed by atoms with Gasteiger partial charge in [0.05, 0.1) is 22.7 Å². The van der Waals surface area contributed by atoms with Crippen LogP contribution in [0.2, 0.25) is 10.0 Å². The van der Waals surface area contributed by atoms with E-state index < -0.39 is 16.0 Å². The van der Waals surface area contributed by atoms with Crippen molar-refractivity contribution in [3.05, 3.63) is 52.5 Å². The first-order valence-corrected chi connectivity index (χ1v) is 8.83. The Morgan fingerprint density at radius 1 is 1.12 bits per heavy atom. The van der Waals surface area contributed by atoms with Crippen LogP contribution in [0.25, 0.3) is 0 Å². The third-order valence-corrected chi connectivity index (χ3v) is 4.84. The smallest absolute Gasteiger partial charge is 0.343 e. The summed E-state index contributed by atoms with van der Waals surface area (Å²) in [5.74, 6) is -0.205. The predicted molar refractivity (Wildman–Crippen MR) is 91.2 cm³/mol. The average Bonchev–Trinajstić information content (AvgIpc) is 2.56. The van der Waals surface area contributed by atoms with Crippen LogP contribution >= 0.6 is 23.2 Å². The van der Waals surface area contributed by atoms with Gasteiger partial charge in [0.15, 0.2) is 6.61 Å². The molecule has 0 saturated carbocycles. The van der Waals surface area contributed by atoms with Gasteiger partial charge >= 0.3 is 5.97 Å². The fourth-order valence-electron chi connectivity index (χ4n) is 1.70. The van der Waals surface area contributed by atoms with E-state index in [1.54, 1.807) is 6.07 Å². The van der Waals surface area contributed by atoms with Crippen LogP contribution in [0, 0.1) is 0 Å². The van der Waals surface area contributed by atoms with Gasteiger partial charge in [-0.25, -0.2) is 13.2 Å². The van der Waals surface area contributed by atoms with Crippen LogP contribution in [-0.2, 0) is 19.6 Å². The number of esters is 1. The number of rotatable bonds is 6. The highest BCUT2D eigenvalue weighted by molar-refractivity contribution is 7.92. The van der Waals surface area contributed by atoms with Crippen molar-refractivity contribution in [1.82, 2.24) is 0 Å². The zero-order valence-corrected chi connectivity index (χ0v) is 14.8. The zero-order valence-electron chi connectivity index (χ0n) is 12.5. The topological polar surface area (TPSA) is 81.7 Å². The highest BCUT2D eigenvalue weighted by atomic mass is 35.5. The van der Waals surface area contributed by atoms with Crippen LogP contribution < -0.4 is 9.46 Å². The van der Waals surface area contributed by atoms with Gasteiger partial charge < -0.3 is 9.47 Å².